The third-order valence-electron chi connectivity index (χ3n) is 5.06. The van der Waals surface area contributed by atoms with Crippen LogP contribution in [0.15, 0.2) is 54.6 Å². The molecule has 2 aliphatic carbocycles. The minimum absolute atomic E-state index is 0.0549. The van der Waals surface area contributed by atoms with Crippen LogP contribution >= 0.6 is 0 Å². The Balaban J connectivity index is 1.82. The van der Waals surface area contributed by atoms with Gasteiger partial charge in [-0.15, -0.1) is 0 Å². The standard InChI is InChI=1S/C19H18O2/c1-2-21-18(20)19(14-9-4-3-5-10-14)16-12-13-8-6-7-11-15(13)17(16)19/h3-11,16-17H,2,12H2,1H3/t16-,17+,19+/m0/s1. The summed E-state index contributed by atoms with van der Waals surface area (Å²) in [7, 11) is 0. The Morgan fingerprint density at radius 3 is 2.62 bits per heavy atom. The van der Waals surface area contributed by atoms with Crippen molar-refractivity contribution in [2.45, 2.75) is 24.7 Å². The lowest BCUT2D eigenvalue weighted by Gasteiger charge is -2.21. The maximum Gasteiger partial charge on any atom is 0.317 e. The molecule has 21 heavy (non-hydrogen) atoms. The predicted octanol–water partition coefficient (Wildman–Crippen LogP) is 3.46. The molecule has 1 fully saturated rings. The van der Waals surface area contributed by atoms with E-state index in [1.54, 1.807) is 0 Å². The van der Waals surface area contributed by atoms with Crippen molar-refractivity contribution in [3.05, 3.63) is 71.3 Å². The van der Waals surface area contributed by atoms with Gasteiger partial charge in [-0.1, -0.05) is 54.6 Å². The Hall–Kier alpha value is -2.09. The summed E-state index contributed by atoms with van der Waals surface area (Å²) in [4.78, 5) is 12.7. The van der Waals surface area contributed by atoms with Gasteiger partial charge in [-0.2, -0.15) is 0 Å². The number of hydrogen-bond acceptors (Lipinski definition) is 2. The van der Waals surface area contributed by atoms with Crippen molar-refractivity contribution >= 4 is 5.97 Å². The number of ether oxygens (including phenoxy) is 1. The highest BCUT2D eigenvalue weighted by atomic mass is 16.5. The summed E-state index contributed by atoms with van der Waals surface area (Å²) in [5, 5.41) is 0. The molecule has 1 saturated carbocycles. The summed E-state index contributed by atoms with van der Waals surface area (Å²) >= 11 is 0. The van der Waals surface area contributed by atoms with E-state index in [-0.39, 0.29) is 11.9 Å². The van der Waals surface area contributed by atoms with Gasteiger partial charge in [0.2, 0.25) is 0 Å². The Kier molecular flexibility index (Phi) is 2.68. The molecule has 4 rings (SSSR count). The summed E-state index contributed by atoms with van der Waals surface area (Å²) in [6.07, 6.45) is 0.981. The first-order chi connectivity index (χ1) is 10.3. The Morgan fingerprint density at radius 2 is 1.86 bits per heavy atom. The van der Waals surface area contributed by atoms with Gasteiger partial charge in [-0.3, -0.25) is 4.79 Å². The van der Waals surface area contributed by atoms with Crippen LogP contribution in [0.2, 0.25) is 0 Å². The van der Waals surface area contributed by atoms with Crippen molar-refractivity contribution in [2.24, 2.45) is 5.92 Å². The zero-order chi connectivity index (χ0) is 14.4. The van der Waals surface area contributed by atoms with E-state index in [0.717, 1.165) is 12.0 Å². The first-order valence-corrected chi connectivity index (χ1v) is 7.60. The third kappa shape index (κ3) is 1.56. The van der Waals surface area contributed by atoms with Gasteiger partial charge in [-0.25, -0.2) is 0 Å². The van der Waals surface area contributed by atoms with Crippen molar-refractivity contribution in [1.82, 2.24) is 0 Å². The molecule has 2 aromatic carbocycles. The van der Waals surface area contributed by atoms with Crippen molar-refractivity contribution in [3.8, 4) is 0 Å². The summed E-state index contributed by atoms with van der Waals surface area (Å²) in [6, 6.07) is 18.7. The van der Waals surface area contributed by atoms with Gasteiger partial charge in [0.25, 0.3) is 0 Å². The van der Waals surface area contributed by atoms with Crippen molar-refractivity contribution in [2.75, 3.05) is 6.61 Å². The van der Waals surface area contributed by atoms with Crippen LogP contribution in [0.1, 0.15) is 29.5 Å². The molecule has 106 valence electrons. The lowest BCUT2D eigenvalue weighted by Crippen LogP contribution is -2.29. The van der Waals surface area contributed by atoms with Crippen LogP contribution in [-0.2, 0) is 21.4 Å². The van der Waals surface area contributed by atoms with Crippen LogP contribution < -0.4 is 0 Å². The highest BCUT2D eigenvalue weighted by molar-refractivity contribution is 5.91. The normalized spacial score (nSPS) is 28.6. The van der Waals surface area contributed by atoms with Gasteiger partial charge in [0.15, 0.2) is 0 Å². The SMILES string of the molecule is CCOC(=O)[C@@]1(c2ccccc2)[C@@H]2c3ccccc3C[C@@H]21. The molecule has 2 heteroatoms. The highest BCUT2D eigenvalue weighted by Gasteiger charge is 2.73. The summed E-state index contributed by atoms with van der Waals surface area (Å²) in [5.74, 6) is 0.590. The van der Waals surface area contributed by atoms with E-state index in [2.05, 4.69) is 36.4 Å². The number of benzene rings is 2. The molecule has 2 aromatic rings. The van der Waals surface area contributed by atoms with Gasteiger partial charge in [0, 0.05) is 5.92 Å². The van der Waals surface area contributed by atoms with E-state index in [1.807, 2.05) is 25.1 Å². The Labute approximate surface area is 124 Å². The fourth-order valence-electron chi connectivity index (χ4n) is 4.22. The molecular formula is C19H18O2. The second-order valence-corrected chi connectivity index (χ2v) is 5.94. The monoisotopic (exact) mass is 278 g/mol. The van der Waals surface area contributed by atoms with Crippen LogP contribution in [0.5, 0.6) is 0 Å². The van der Waals surface area contributed by atoms with E-state index < -0.39 is 5.41 Å². The van der Waals surface area contributed by atoms with Crippen LogP contribution in [0.4, 0.5) is 0 Å². The Bertz CT molecular complexity index is 692. The molecule has 0 radical (unpaired) electrons. The topological polar surface area (TPSA) is 26.3 Å². The van der Waals surface area contributed by atoms with E-state index in [4.69, 9.17) is 4.74 Å². The molecule has 0 N–H and O–H groups in total. The summed E-state index contributed by atoms with van der Waals surface area (Å²) < 4.78 is 5.44. The van der Waals surface area contributed by atoms with Gasteiger partial charge < -0.3 is 4.74 Å². The molecule has 0 spiro atoms. The molecular weight excluding hydrogens is 260 g/mol. The number of rotatable bonds is 3. The Morgan fingerprint density at radius 1 is 1.14 bits per heavy atom. The second-order valence-electron chi connectivity index (χ2n) is 5.94. The fraction of sp³-hybridized carbons (Fsp3) is 0.316. The largest absolute Gasteiger partial charge is 0.465 e. The van der Waals surface area contributed by atoms with Crippen LogP contribution in [0, 0.1) is 5.92 Å². The van der Waals surface area contributed by atoms with Gasteiger partial charge >= 0.3 is 5.97 Å². The minimum Gasteiger partial charge on any atom is -0.465 e. The average molecular weight is 278 g/mol. The van der Waals surface area contributed by atoms with Crippen LogP contribution in [0.25, 0.3) is 0 Å². The van der Waals surface area contributed by atoms with Gasteiger partial charge in [-0.05, 0) is 36.0 Å². The zero-order valence-electron chi connectivity index (χ0n) is 12.1. The predicted molar refractivity (Wildman–Crippen MR) is 81.1 cm³/mol. The number of carbonyl (C=O) groups is 1. The van der Waals surface area contributed by atoms with E-state index in [9.17, 15) is 4.79 Å². The molecule has 0 unspecified atom stereocenters. The number of esters is 1. The van der Waals surface area contributed by atoms with E-state index >= 15 is 0 Å². The molecule has 2 aliphatic rings. The molecule has 3 atom stereocenters. The molecule has 2 nitrogen and oxygen atoms in total. The minimum atomic E-state index is -0.453. The molecule has 0 aliphatic heterocycles. The molecule has 0 bridgehead atoms. The molecule has 0 heterocycles. The lowest BCUT2D eigenvalue weighted by molar-refractivity contribution is -0.147. The molecule has 0 aromatic heterocycles. The lowest BCUT2D eigenvalue weighted by atomic mass is 9.85. The molecule has 0 saturated heterocycles. The maximum absolute atomic E-state index is 12.7. The van der Waals surface area contributed by atoms with Crippen molar-refractivity contribution in [3.63, 3.8) is 0 Å². The summed E-state index contributed by atoms with van der Waals surface area (Å²) in [6.45, 7) is 2.32. The first-order valence-electron chi connectivity index (χ1n) is 7.60. The maximum atomic E-state index is 12.7. The quantitative estimate of drug-likeness (QED) is 0.804. The highest BCUT2D eigenvalue weighted by Crippen LogP contribution is 2.71. The van der Waals surface area contributed by atoms with Crippen LogP contribution in [0.3, 0.4) is 0 Å². The smallest absolute Gasteiger partial charge is 0.317 e. The zero-order valence-corrected chi connectivity index (χ0v) is 12.1. The fourth-order valence-corrected chi connectivity index (χ4v) is 4.22. The first kappa shape index (κ1) is 12.6. The van der Waals surface area contributed by atoms with Crippen molar-refractivity contribution < 1.29 is 9.53 Å². The summed E-state index contributed by atoms with van der Waals surface area (Å²) in [5.41, 5.74) is 3.38. The van der Waals surface area contributed by atoms with E-state index in [1.165, 1.54) is 11.1 Å². The van der Waals surface area contributed by atoms with Gasteiger partial charge in [0.1, 0.15) is 5.41 Å². The third-order valence-corrected chi connectivity index (χ3v) is 5.06. The average Bonchev–Trinajstić information content (AvgIpc) is 3.03. The van der Waals surface area contributed by atoms with Gasteiger partial charge in [0.05, 0.1) is 6.61 Å². The number of hydrogen-bond donors (Lipinski definition) is 0. The van der Waals surface area contributed by atoms with Crippen LogP contribution in [-0.4, -0.2) is 12.6 Å². The number of fused-ring (bicyclic) bond motifs is 3. The van der Waals surface area contributed by atoms with E-state index in [0.29, 0.717) is 12.5 Å². The number of carbonyl (C=O) groups excluding carboxylic acids is 1. The van der Waals surface area contributed by atoms with Crippen molar-refractivity contribution in [1.29, 1.82) is 0 Å². The molecule has 0 amide bonds. The second kappa shape index (κ2) is 4.45.